The maximum Gasteiger partial charge on any atom is 0.272 e. The Balaban J connectivity index is 1.45. The number of carbonyl (C=O) groups is 1. The van der Waals surface area contributed by atoms with Crippen molar-refractivity contribution < 1.29 is 9.18 Å². The Morgan fingerprint density at radius 2 is 1.90 bits per heavy atom. The van der Waals surface area contributed by atoms with E-state index < -0.39 is 0 Å². The molecule has 8 heteroatoms. The molecule has 1 N–H and O–H groups in total. The number of carbonyl (C=O) groups excluding carboxylic acids is 1. The number of rotatable bonds is 5. The van der Waals surface area contributed by atoms with E-state index in [1.54, 1.807) is 30.6 Å². The molecule has 0 radical (unpaired) electrons. The topological polar surface area (TPSA) is 75.4 Å². The summed E-state index contributed by atoms with van der Waals surface area (Å²) in [7, 11) is 0. The molecule has 3 aromatic heterocycles. The number of fused-ring (bicyclic) bond motifs is 1. The third-order valence-electron chi connectivity index (χ3n) is 5.52. The Morgan fingerprint density at radius 1 is 1.10 bits per heavy atom. The fourth-order valence-corrected chi connectivity index (χ4v) is 4.05. The Hall–Kier alpha value is -3.81. The van der Waals surface area contributed by atoms with Gasteiger partial charge in [0.15, 0.2) is 5.69 Å². The highest BCUT2D eigenvalue weighted by atomic mass is 19.1. The summed E-state index contributed by atoms with van der Waals surface area (Å²) in [5, 5.41) is 2.90. The van der Waals surface area contributed by atoms with Crippen molar-refractivity contribution in [2.75, 3.05) is 11.4 Å². The van der Waals surface area contributed by atoms with Gasteiger partial charge in [-0.05, 0) is 48.7 Å². The number of nitrogens with one attached hydrogen (secondary N) is 1. The molecule has 0 unspecified atom stereocenters. The molecule has 1 aromatic carbocycles. The van der Waals surface area contributed by atoms with Crippen LogP contribution in [0.25, 0.3) is 5.52 Å². The van der Waals surface area contributed by atoms with Crippen LogP contribution in [0.2, 0.25) is 0 Å². The van der Waals surface area contributed by atoms with E-state index in [4.69, 9.17) is 4.98 Å². The number of hydrogen-bond acceptors (Lipinski definition) is 5. The first-order valence-electron chi connectivity index (χ1n) is 10.2. The van der Waals surface area contributed by atoms with E-state index in [9.17, 15) is 9.18 Å². The van der Waals surface area contributed by atoms with Crippen LogP contribution in [0.5, 0.6) is 0 Å². The summed E-state index contributed by atoms with van der Waals surface area (Å²) in [6, 6.07) is 13.6. The molecule has 4 aromatic rings. The quantitative estimate of drug-likeness (QED) is 0.539. The molecule has 4 heterocycles. The summed E-state index contributed by atoms with van der Waals surface area (Å²) in [6.07, 6.45) is 7.29. The number of benzene rings is 1. The van der Waals surface area contributed by atoms with Crippen LogP contribution in [0.1, 0.15) is 40.8 Å². The number of nitrogens with zero attached hydrogens (tertiary/aromatic N) is 5. The van der Waals surface area contributed by atoms with E-state index >= 15 is 0 Å². The van der Waals surface area contributed by atoms with Gasteiger partial charge in [0.1, 0.15) is 11.6 Å². The second-order valence-electron chi connectivity index (χ2n) is 7.48. The van der Waals surface area contributed by atoms with Gasteiger partial charge >= 0.3 is 0 Å². The predicted molar refractivity (Wildman–Crippen MR) is 114 cm³/mol. The highest BCUT2D eigenvalue weighted by Crippen LogP contribution is 2.34. The minimum Gasteiger partial charge on any atom is -0.347 e. The second-order valence-corrected chi connectivity index (χ2v) is 7.48. The van der Waals surface area contributed by atoms with E-state index in [1.165, 1.54) is 12.1 Å². The summed E-state index contributed by atoms with van der Waals surface area (Å²) < 4.78 is 15.1. The average Bonchev–Trinajstić information content (AvgIpc) is 3.44. The van der Waals surface area contributed by atoms with Crippen molar-refractivity contribution in [3.8, 4) is 0 Å². The van der Waals surface area contributed by atoms with Crippen LogP contribution >= 0.6 is 0 Å². The molecular formula is C23H21FN6O. The van der Waals surface area contributed by atoms with Crippen molar-refractivity contribution in [3.05, 3.63) is 90.0 Å². The summed E-state index contributed by atoms with van der Waals surface area (Å²) >= 11 is 0. The normalized spacial score (nSPS) is 16.0. The molecule has 1 amide bonds. The van der Waals surface area contributed by atoms with Gasteiger partial charge in [-0.2, -0.15) is 0 Å². The van der Waals surface area contributed by atoms with Crippen molar-refractivity contribution >= 4 is 17.4 Å². The molecule has 0 aliphatic carbocycles. The lowest BCUT2D eigenvalue weighted by Gasteiger charge is -2.23. The van der Waals surface area contributed by atoms with Crippen LogP contribution in [0.15, 0.2) is 67.1 Å². The monoisotopic (exact) mass is 416 g/mol. The first-order chi connectivity index (χ1) is 15.2. The molecular weight excluding hydrogens is 395 g/mol. The molecule has 1 aliphatic rings. The van der Waals surface area contributed by atoms with Crippen molar-refractivity contribution in [2.24, 2.45) is 0 Å². The third-order valence-corrected chi connectivity index (χ3v) is 5.52. The van der Waals surface area contributed by atoms with E-state index in [0.29, 0.717) is 18.2 Å². The molecule has 0 saturated carbocycles. The van der Waals surface area contributed by atoms with Crippen LogP contribution < -0.4 is 10.2 Å². The van der Waals surface area contributed by atoms with Gasteiger partial charge in [-0.15, -0.1) is 0 Å². The molecule has 1 aliphatic heterocycles. The Morgan fingerprint density at radius 3 is 2.71 bits per heavy atom. The van der Waals surface area contributed by atoms with Crippen molar-refractivity contribution in [1.29, 1.82) is 0 Å². The summed E-state index contributed by atoms with van der Waals surface area (Å²) in [5.74, 6) is 0.899. The Bertz CT molecular complexity index is 1210. The lowest BCUT2D eigenvalue weighted by atomic mass is 10.2. The van der Waals surface area contributed by atoms with Gasteiger partial charge in [0, 0.05) is 31.7 Å². The highest BCUT2D eigenvalue weighted by Gasteiger charge is 2.32. The summed E-state index contributed by atoms with van der Waals surface area (Å²) in [5.41, 5.74) is 1.94. The van der Waals surface area contributed by atoms with Gasteiger partial charge in [0.2, 0.25) is 5.95 Å². The van der Waals surface area contributed by atoms with Gasteiger partial charge in [-0.25, -0.2) is 19.3 Å². The van der Waals surface area contributed by atoms with Crippen molar-refractivity contribution in [3.63, 3.8) is 0 Å². The molecule has 0 spiro atoms. The maximum absolute atomic E-state index is 13.1. The van der Waals surface area contributed by atoms with Crippen molar-refractivity contribution in [1.82, 2.24) is 24.7 Å². The standard InChI is InChI=1S/C23H21FN6O/c24-17-9-7-16(8-10-17)15-27-22(31)20-18-5-1-2-13-29(18)21(28-20)19-6-3-14-30(19)23-25-11-4-12-26-23/h1-2,4-5,7-13,19H,3,6,14-15H2,(H,27,31)/t19-/m0/s1. The fourth-order valence-electron chi connectivity index (χ4n) is 4.05. The number of amides is 1. The van der Waals surface area contributed by atoms with Gasteiger partial charge in [0.25, 0.3) is 5.91 Å². The molecule has 5 rings (SSSR count). The first-order valence-corrected chi connectivity index (χ1v) is 10.2. The molecule has 1 atom stereocenters. The summed E-state index contributed by atoms with van der Waals surface area (Å²) in [6.45, 7) is 1.14. The SMILES string of the molecule is O=C(NCc1ccc(F)cc1)c1nc([C@@H]2CCCN2c2ncccn2)n2ccccc12. The molecule has 31 heavy (non-hydrogen) atoms. The van der Waals surface area contributed by atoms with Crippen molar-refractivity contribution in [2.45, 2.75) is 25.4 Å². The number of aromatic nitrogens is 4. The Labute approximate surface area is 178 Å². The van der Waals surface area contributed by atoms with Crippen LogP contribution in [-0.2, 0) is 6.54 Å². The van der Waals surface area contributed by atoms with Crippen LogP contribution in [-0.4, -0.2) is 31.8 Å². The highest BCUT2D eigenvalue weighted by molar-refractivity contribution is 5.99. The van der Waals surface area contributed by atoms with Gasteiger partial charge in [0.05, 0.1) is 11.6 Å². The number of anilines is 1. The molecule has 0 bridgehead atoms. The fraction of sp³-hybridized carbons (Fsp3) is 0.217. The molecule has 1 fully saturated rings. The minimum absolute atomic E-state index is 0.0176. The summed E-state index contributed by atoms with van der Waals surface area (Å²) in [4.78, 5) is 28.7. The lowest BCUT2D eigenvalue weighted by molar-refractivity contribution is 0.0948. The van der Waals surface area contributed by atoms with E-state index in [1.807, 2.05) is 28.8 Å². The zero-order chi connectivity index (χ0) is 21.2. The minimum atomic E-state index is -0.302. The Kier molecular flexibility index (Phi) is 5.03. The molecule has 1 saturated heterocycles. The van der Waals surface area contributed by atoms with Gasteiger partial charge in [-0.3, -0.25) is 4.79 Å². The molecule has 156 valence electrons. The van der Waals surface area contributed by atoms with Crippen LogP contribution in [0.4, 0.5) is 10.3 Å². The number of imidazole rings is 1. The number of pyridine rings is 1. The second kappa shape index (κ2) is 8.14. The smallest absolute Gasteiger partial charge is 0.272 e. The maximum atomic E-state index is 13.1. The number of halogens is 1. The van der Waals surface area contributed by atoms with Crippen LogP contribution in [0, 0.1) is 5.82 Å². The number of hydrogen-bond donors (Lipinski definition) is 1. The zero-order valence-electron chi connectivity index (χ0n) is 16.8. The van der Waals surface area contributed by atoms with E-state index in [-0.39, 0.29) is 17.8 Å². The lowest BCUT2D eigenvalue weighted by Crippen LogP contribution is -2.26. The first kappa shape index (κ1) is 19.2. The van der Waals surface area contributed by atoms with Crippen LogP contribution in [0.3, 0.4) is 0 Å². The van der Waals surface area contributed by atoms with E-state index in [2.05, 4.69) is 20.2 Å². The predicted octanol–water partition coefficient (Wildman–Crippen LogP) is 3.53. The van der Waals surface area contributed by atoms with Gasteiger partial charge in [-0.1, -0.05) is 18.2 Å². The molecule has 7 nitrogen and oxygen atoms in total. The average molecular weight is 416 g/mol. The third kappa shape index (κ3) is 3.72. The largest absolute Gasteiger partial charge is 0.347 e. The van der Waals surface area contributed by atoms with Gasteiger partial charge < -0.3 is 14.6 Å². The van der Waals surface area contributed by atoms with E-state index in [0.717, 1.165) is 36.3 Å². The zero-order valence-corrected chi connectivity index (χ0v) is 16.8.